The third kappa shape index (κ3) is 2.62. The van der Waals surface area contributed by atoms with Gasteiger partial charge in [-0.05, 0) is 54.7 Å². The lowest BCUT2D eigenvalue weighted by Crippen LogP contribution is -1.99. The highest BCUT2D eigenvalue weighted by atomic mass is 35.5. The van der Waals surface area contributed by atoms with Crippen LogP contribution >= 0.6 is 11.6 Å². The van der Waals surface area contributed by atoms with E-state index in [9.17, 15) is 0 Å². The van der Waals surface area contributed by atoms with Gasteiger partial charge in [0.25, 0.3) is 0 Å². The zero-order chi connectivity index (χ0) is 12.4. The second-order valence-electron chi connectivity index (χ2n) is 4.38. The van der Waals surface area contributed by atoms with Crippen LogP contribution in [0.3, 0.4) is 0 Å². The van der Waals surface area contributed by atoms with Gasteiger partial charge in [-0.2, -0.15) is 0 Å². The maximum atomic E-state index is 6.04. The van der Waals surface area contributed by atoms with E-state index in [0.29, 0.717) is 0 Å². The van der Waals surface area contributed by atoms with E-state index < -0.39 is 0 Å². The summed E-state index contributed by atoms with van der Waals surface area (Å²) in [6.07, 6.45) is 0.896. The number of rotatable bonds is 2. The van der Waals surface area contributed by atoms with E-state index in [1.165, 1.54) is 16.7 Å². The van der Waals surface area contributed by atoms with Crippen molar-refractivity contribution in [3.63, 3.8) is 0 Å². The van der Waals surface area contributed by atoms with Crippen molar-refractivity contribution < 1.29 is 0 Å². The fraction of sp³-hybridized carbons (Fsp3) is 0.200. The van der Waals surface area contributed by atoms with E-state index in [1.807, 2.05) is 19.1 Å². The van der Waals surface area contributed by atoms with Crippen LogP contribution < -0.4 is 5.73 Å². The molecule has 0 amide bonds. The van der Waals surface area contributed by atoms with Crippen molar-refractivity contribution in [3.8, 4) is 0 Å². The van der Waals surface area contributed by atoms with Crippen LogP contribution in [0.4, 0.5) is 5.69 Å². The number of hydrogen-bond donors (Lipinski definition) is 1. The molecule has 1 nitrogen and oxygen atoms in total. The molecule has 0 unspecified atom stereocenters. The van der Waals surface area contributed by atoms with Crippen LogP contribution in [-0.2, 0) is 6.42 Å². The molecule has 0 aliphatic carbocycles. The highest BCUT2D eigenvalue weighted by Crippen LogP contribution is 2.23. The fourth-order valence-electron chi connectivity index (χ4n) is 1.92. The molecular formula is C15H16ClN. The van der Waals surface area contributed by atoms with E-state index in [2.05, 4.69) is 31.2 Å². The smallest absolute Gasteiger partial charge is 0.0406 e. The normalized spacial score (nSPS) is 10.5. The minimum Gasteiger partial charge on any atom is -0.398 e. The Labute approximate surface area is 107 Å². The number of hydrogen-bond acceptors (Lipinski definition) is 1. The molecule has 0 aromatic heterocycles. The molecule has 2 aromatic rings. The van der Waals surface area contributed by atoms with Gasteiger partial charge in [0.1, 0.15) is 0 Å². The Bertz CT molecular complexity index is 529. The van der Waals surface area contributed by atoms with Crippen LogP contribution in [0, 0.1) is 13.8 Å². The third-order valence-electron chi connectivity index (χ3n) is 3.15. The van der Waals surface area contributed by atoms with E-state index in [4.69, 9.17) is 17.3 Å². The molecular weight excluding hydrogens is 230 g/mol. The molecule has 0 saturated carbocycles. The summed E-state index contributed by atoms with van der Waals surface area (Å²) in [5, 5.41) is 0.772. The van der Waals surface area contributed by atoms with Gasteiger partial charge in [0.2, 0.25) is 0 Å². The maximum Gasteiger partial charge on any atom is 0.0406 e. The monoisotopic (exact) mass is 245 g/mol. The summed E-state index contributed by atoms with van der Waals surface area (Å²) in [5.41, 5.74) is 11.8. The minimum atomic E-state index is 0.772. The average Bonchev–Trinajstić information content (AvgIpc) is 2.33. The van der Waals surface area contributed by atoms with Gasteiger partial charge >= 0.3 is 0 Å². The van der Waals surface area contributed by atoms with E-state index in [1.54, 1.807) is 0 Å². The molecule has 0 bridgehead atoms. The second kappa shape index (κ2) is 4.80. The molecule has 0 aliphatic rings. The number of nitrogens with two attached hydrogens (primary N) is 1. The molecule has 2 rings (SSSR count). The summed E-state index contributed by atoms with van der Waals surface area (Å²) in [6, 6.07) is 12.2. The van der Waals surface area contributed by atoms with Crippen LogP contribution in [-0.4, -0.2) is 0 Å². The van der Waals surface area contributed by atoms with Gasteiger partial charge in [-0.3, -0.25) is 0 Å². The van der Waals surface area contributed by atoms with Crippen LogP contribution in [0.2, 0.25) is 5.02 Å². The summed E-state index contributed by atoms with van der Waals surface area (Å²) in [5.74, 6) is 0. The van der Waals surface area contributed by atoms with Gasteiger partial charge in [0.05, 0.1) is 0 Å². The van der Waals surface area contributed by atoms with Crippen molar-refractivity contribution in [3.05, 3.63) is 63.7 Å². The van der Waals surface area contributed by atoms with E-state index >= 15 is 0 Å². The first-order valence-corrected chi connectivity index (χ1v) is 6.04. The third-order valence-corrected chi connectivity index (χ3v) is 3.40. The van der Waals surface area contributed by atoms with Crippen LogP contribution in [0.5, 0.6) is 0 Å². The zero-order valence-corrected chi connectivity index (χ0v) is 10.9. The Morgan fingerprint density at radius 3 is 2.29 bits per heavy atom. The summed E-state index contributed by atoms with van der Waals surface area (Å²) in [4.78, 5) is 0. The number of halogens is 1. The summed E-state index contributed by atoms with van der Waals surface area (Å²) in [7, 11) is 0. The molecule has 2 heteroatoms. The van der Waals surface area contributed by atoms with Gasteiger partial charge in [-0.15, -0.1) is 0 Å². The molecule has 88 valence electrons. The number of nitrogen functional groups attached to an aromatic ring is 1. The predicted octanol–water partition coefficient (Wildman–Crippen LogP) is 4.13. The van der Waals surface area contributed by atoms with Crippen molar-refractivity contribution in [2.24, 2.45) is 0 Å². The quantitative estimate of drug-likeness (QED) is 0.791. The lowest BCUT2D eigenvalue weighted by Gasteiger charge is -2.11. The van der Waals surface area contributed by atoms with Crippen LogP contribution in [0.25, 0.3) is 0 Å². The Morgan fingerprint density at radius 2 is 1.65 bits per heavy atom. The Morgan fingerprint density at radius 1 is 1.00 bits per heavy atom. The average molecular weight is 246 g/mol. The molecule has 0 radical (unpaired) electrons. The van der Waals surface area contributed by atoms with Gasteiger partial charge in [-0.25, -0.2) is 0 Å². The molecule has 2 N–H and O–H groups in total. The van der Waals surface area contributed by atoms with E-state index in [-0.39, 0.29) is 0 Å². The van der Waals surface area contributed by atoms with Crippen LogP contribution in [0.15, 0.2) is 36.4 Å². The first-order chi connectivity index (χ1) is 8.08. The maximum absolute atomic E-state index is 6.04. The molecule has 0 aliphatic heterocycles. The molecule has 2 aromatic carbocycles. The molecule has 17 heavy (non-hydrogen) atoms. The summed E-state index contributed by atoms with van der Waals surface area (Å²) in [6.45, 7) is 4.11. The lowest BCUT2D eigenvalue weighted by molar-refractivity contribution is 1.15. The number of aryl methyl sites for hydroxylation is 1. The molecule has 0 spiro atoms. The summed E-state index contributed by atoms with van der Waals surface area (Å²) < 4.78 is 0. The number of benzene rings is 2. The van der Waals surface area contributed by atoms with Crippen molar-refractivity contribution >= 4 is 17.3 Å². The van der Waals surface area contributed by atoms with Crippen molar-refractivity contribution in [2.45, 2.75) is 20.3 Å². The molecule has 0 fully saturated rings. The first kappa shape index (κ1) is 12.0. The Kier molecular flexibility index (Phi) is 3.39. The fourth-order valence-corrected chi connectivity index (χ4v) is 2.05. The van der Waals surface area contributed by atoms with Gasteiger partial charge < -0.3 is 5.73 Å². The predicted molar refractivity (Wildman–Crippen MR) is 74.6 cm³/mol. The second-order valence-corrected chi connectivity index (χ2v) is 4.82. The highest BCUT2D eigenvalue weighted by Gasteiger charge is 2.05. The standard InChI is InChI=1S/C15H16ClN/c1-10-3-6-13(11(2)15(10)17)9-12-4-7-14(16)8-5-12/h3-8H,9,17H2,1-2H3. The minimum absolute atomic E-state index is 0.772. The first-order valence-electron chi connectivity index (χ1n) is 5.67. The van der Waals surface area contributed by atoms with Crippen molar-refractivity contribution in [1.29, 1.82) is 0 Å². The molecule has 0 saturated heterocycles. The molecule has 0 atom stereocenters. The van der Waals surface area contributed by atoms with Crippen LogP contribution in [0.1, 0.15) is 22.3 Å². The zero-order valence-electron chi connectivity index (χ0n) is 10.1. The largest absolute Gasteiger partial charge is 0.398 e. The summed E-state index contributed by atoms with van der Waals surface area (Å²) >= 11 is 5.87. The van der Waals surface area contributed by atoms with Crippen molar-refractivity contribution in [2.75, 3.05) is 5.73 Å². The highest BCUT2D eigenvalue weighted by molar-refractivity contribution is 6.30. The van der Waals surface area contributed by atoms with E-state index in [0.717, 1.165) is 22.7 Å². The Balaban J connectivity index is 2.30. The molecule has 0 heterocycles. The SMILES string of the molecule is Cc1ccc(Cc2ccc(Cl)cc2)c(C)c1N. The Hall–Kier alpha value is -1.47. The topological polar surface area (TPSA) is 26.0 Å². The van der Waals surface area contributed by atoms with Gasteiger partial charge in [-0.1, -0.05) is 35.9 Å². The van der Waals surface area contributed by atoms with Gasteiger partial charge in [0, 0.05) is 10.7 Å². The number of anilines is 1. The van der Waals surface area contributed by atoms with Gasteiger partial charge in [0.15, 0.2) is 0 Å². The lowest BCUT2D eigenvalue weighted by atomic mass is 9.97. The van der Waals surface area contributed by atoms with Crippen molar-refractivity contribution in [1.82, 2.24) is 0 Å².